The van der Waals surface area contributed by atoms with Crippen molar-refractivity contribution >= 4 is 5.91 Å². The Hall–Kier alpha value is -1.43. The number of carbonyl (C=O) groups excluding carboxylic acids is 1. The summed E-state index contributed by atoms with van der Waals surface area (Å²) in [5, 5.41) is 14.0. The van der Waals surface area contributed by atoms with Gasteiger partial charge in [-0.05, 0) is 63.9 Å². The van der Waals surface area contributed by atoms with Crippen LogP contribution in [0.5, 0.6) is 0 Å². The molecular formula is C25H41N3O2. The lowest BCUT2D eigenvalue weighted by atomic mass is 9.72. The molecular weight excluding hydrogens is 374 g/mol. The SMILES string of the molecule is CC(C)(C)NC(=O)[C@@H]1C[C@@H]2CCCC[C@@H]2CN1C[C@@H](O)[C@@H](N)CCc1ccccc1. The van der Waals surface area contributed by atoms with E-state index in [9.17, 15) is 9.90 Å². The molecule has 0 spiro atoms. The average molecular weight is 416 g/mol. The molecule has 30 heavy (non-hydrogen) atoms. The summed E-state index contributed by atoms with van der Waals surface area (Å²) in [6.45, 7) is 7.44. The Bertz CT molecular complexity index is 673. The molecule has 1 heterocycles. The second-order valence-corrected chi connectivity index (χ2v) is 10.5. The van der Waals surface area contributed by atoms with Crippen LogP contribution >= 0.6 is 0 Å². The van der Waals surface area contributed by atoms with Crippen LogP contribution in [-0.4, -0.2) is 52.7 Å². The molecule has 1 aromatic rings. The number of carbonyl (C=O) groups is 1. The predicted octanol–water partition coefficient (Wildman–Crippen LogP) is 3.10. The highest BCUT2D eigenvalue weighted by molar-refractivity contribution is 5.82. The molecule has 0 unspecified atom stereocenters. The Labute approximate surface area is 182 Å². The minimum absolute atomic E-state index is 0.0941. The minimum Gasteiger partial charge on any atom is -0.390 e. The molecule has 2 fully saturated rings. The van der Waals surface area contributed by atoms with Crippen molar-refractivity contribution in [2.45, 2.75) is 89.4 Å². The number of hydrogen-bond acceptors (Lipinski definition) is 4. The summed E-state index contributed by atoms with van der Waals surface area (Å²) in [6, 6.07) is 9.81. The first-order valence-electron chi connectivity index (χ1n) is 11.8. The summed E-state index contributed by atoms with van der Waals surface area (Å²) in [5.41, 5.74) is 7.35. The van der Waals surface area contributed by atoms with Crippen LogP contribution in [0.2, 0.25) is 0 Å². The molecule has 5 heteroatoms. The molecule has 1 saturated heterocycles. The third-order valence-corrected chi connectivity index (χ3v) is 6.83. The largest absolute Gasteiger partial charge is 0.390 e. The van der Waals surface area contributed by atoms with Crippen molar-refractivity contribution in [2.24, 2.45) is 17.6 Å². The Morgan fingerprint density at radius 1 is 1.20 bits per heavy atom. The third kappa shape index (κ3) is 6.53. The topological polar surface area (TPSA) is 78.6 Å². The number of nitrogens with one attached hydrogen (secondary N) is 1. The van der Waals surface area contributed by atoms with Gasteiger partial charge in [0.2, 0.25) is 5.91 Å². The van der Waals surface area contributed by atoms with Crippen molar-refractivity contribution in [2.75, 3.05) is 13.1 Å². The van der Waals surface area contributed by atoms with Crippen molar-refractivity contribution in [3.63, 3.8) is 0 Å². The van der Waals surface area contributed by atoms with Crippen LogP contribution in [0, 0.1) is 11.8 Å². The van der Waals surface area contributed by atoms with Crippen LogP contribution in [0.25, 0.3) is 0 Å². The number of nitrogens with zero attached hydrogens (tertiary/aromatic N) is 1. The maximum atomic E-state index is 13.1. The number of aryl methyl sites for hydroxylation is 1. The standard InChI is InChI=1S/C25H41N3O2/c1-25(2,3)27-24(30)22-15-19-11-7-8-12-20(19)16-28(22)17-23(29)21(26)14-13-18-9-5-4-6-10-18/h4-6,9-10,19-23,29H,7-8,11-17,26H2,1-3H3,(H,27,30)/t19-,20+,21-,22-,23+/m0/s1. The summed E-state index contributed by atoms with van der Waals surface area (Å²) in [5.74, 6) is 1.37. The average Bonchev–Trinajstić information content (AvgIpc) is 2.71. The first kappa shape index (κ1) is 23.2. The molecule has 3 rings (SSSR count). The number of piperidine rings is 1. The Morgan fingerprint density at radius 3 is 2.53 bits per heavy atom. The summed E-state index contributed by atoms with van der Waals surface area (Å²) in [6.07, 6.45) is 6.91. The molecule has 1 aliphatic carbocycles. The fraction of sp³-hybridized carbons (Fsp3) is 0.720. The molecule has 2 aliphatic rings. The molecule has 1 saturated carbocycles. The Morgan fingerprint density at radius 2 is 1.87 bits per heavy atom. The highest BCUT2D eigenvalue weighted by Gasteiger charge is 2.41. The molecule has 0 bridgehead atoms. The molecule has 1 aromatic carbocycles. The molecule has 0 radical (unpaired) electrons. The van der Waals surface area contributed by atoms with E-state index in [1.807, 2.05) is 39.0 Å². The lowest BCUT2D eigenvalue weighted by molar-refractivity contribution is -0.132. The molecule has 4 N–H and O–H groups in total. The van der Waals surface area contributed by atoms with Gasteiger partial charge in [0.1, 0.15) is 0 Å². The number of rotatable bonds is 7. The van der Waals surface area contributed by atoms with E-state index in [1.54, 1.807) is 0 Å². The number of fused-ring (bicyclic) bond motifs is 1. The smallest absolute Gasteiger partial charge is 0.237 e. The van der Waals surface area contributed by atoms with Gasteiger partial charge >= 0.3 is 0 Å². The highest BCUT2D eigenvalue weighted by atomic mass is 16.3. The minimum atomic E-state index is -0.626. The first-order valence-corrected chi connectivity index (χ1v) is 11.8. The second kappa shape index (κ2) is 10.3. The normalized spacial score (nSPS) is 27.2. The van der Waals surface area contributed by atoms with E-state index in [0.717, 1.165) is 25.8 Å². The van der Waals surface area contributed by atoms with Crippen LogP contribution in [0.4, 0.5) is 0 Å². The van der Waals surface area contributed by atoms with E-state index < -0.39 is 6.10 Å². The van der Waals surface area contributed by atoms with Gasteiger partial charge < -0.3 is 16.2 Å². The molecule has 5 atom stereocenters. The Kier molecular flexibility index (Phi) is 7.94. The van der Waals surface area contributed by atoms with Gasteiger partial charge in [0, 0.05) is 24.7 Å². The molecule has 0 aromatic heterocycles. The van der Waals surface area contributed by atoms with Crippen molar-refractivity contribution in [1.82, 2.24) is 10.2 Å². The third-order valence-electron chi connectivity index (χ3n) is 6.83. The lowest BCUT2D eigenvalue weighted by Crippen LogP contribution is -2.59. The summed E-state index contributed by atoms with van der Waals surface area (Å²) in [4.78, 5) is 15.3. The fourth-order valence-electron chi connectivity index (χ4n) is 5.17. The maximum Gasteiger partial charge on any atom is 0.237 e. The van der Waals surface area contributed by atoms with Gasteiger partial charge in [-0.3, -0.25) is 9.69 Å². The number of nitrogens with two attached hydrogens (primary N) is 1. The Balaban J connectivity index is 1.62. The van der Waals surface area contributed by atoms with Gasteiger partial charge in [-0.2, -0.15) is 0 Å². The number of hydrogen-bond donors (Lipinski definition) is 3. The van der Waals surface area contributed by atoms with E-state index in [2.05, 4.69) is 22.3 Å². The van der Waals surface area contributed by atoms with Gasteiger partial charge in [-0.25, -0.2) is 0 Å². The van der Waals surface area contributed by atoms with Gasteiger partial charge in [-0.15, -0.1) is 0 Å². The van der Waals surface area contributed by atoms with E-state index >= 15 is 0 Å². The van der Waals surface area contributed by atoms with E-state index in [-0.39, 0.29) is 23.5 Å². The first-order chi connectivity index (χ1) is 14.2. The zero-order chi connectivity index (χ0) is 21.7. The lowest BCUT2D eigenvalue weighted by Gasteiger charge is -2.46. The second-order valence-electron chi connectivity index (χ2n) is 10.5. The number of amides is 1. The number of aliphatic hydroxyl groups excluding tert-OH is 1. The van der Waals surface area contributed by atoms with E-state index in [1.165, 1.54) is 31.2 Å². The van der Waals surface area contributed by atoms with Crippen LogP contribution in [0.3, 0.4) is 0 Å². The number of likely N-dealkylation sites (tertiary alicyclic amines) is 1. The quantitative estimate of drug-likeness (QED) is 0.639. The molecule has 1 aliphatic heterocycles. The maximum absolute atomic E-state index is 13.1. The zero-order valence-corrected chi connectivity index (χ0v) is 19.0. The molecule has 5 nitrogen and oxygen atoms in total. The predicted molar refractivity (Wildman–Crippen MR) is 122 cm³/mol. The monoisotopic (exact) mass is 415 g/mol. The van der Waals surface area contributed by atoms with E-state index in [0.29, 0.717) is 18.4 Å². The van der Waals surface area contributed by atoms with Crippen molar-refractivity contribution in [3.8, 4) is 0 Å². The number of benzene rings is 1. The number of β-amino-alcohol motifs (C(OH)–C–C–N with tert-alkyl or cyclic N) is 1. The van der Waals surface area contributed by atoms with Crippen LogP contribution in [0.1, 0.15) is 64.9 Å². The van der Waals surface area contributed by atoms with Crippen molar-refractivity contribution in [1.29, 1.82) is 0 Å². The van der Waals surface area contributed by atoms with Crippen LogP contribution in [0.15, 0.2) is 30.3 Å². The fourth-order valence-corrected chi connectivity index (χ4v) is 5.17. The van der Waals surface area contributed by atoms with Gasteiger partial charge in [-0.1, -0.05) is 49.6 Å². The zero-order valence-electron chi connectivity index (χ0n) is 19.0. The summed E-state index contributed by atoms with van der Waals surface area (Å²) < 4.78 is 0. The van der Waals surface area contributed by atoms with Gasteiger partial charge in [0.05, 0.1) is 12.1 Å². The van der Waals surface area contributed by atoms with Crippen molar-refractivity contribution in [3.05, 3.63) is 35.9 Å². The molecule has 168 valence electrons. The van der Waals surface area contributed by atoms with Gasteiger partial charge in [0.25, 0.3) is 0 Å². The van der Waals surface area contributed by atoms with Crippen molar-refractivity contribution < 1.29 is 9.90 Å². The van der Waals surface area contributed by atoms with Gasteiger partial charge in [0.15, 0.2) is 0 Å². The summed E-state index contributed by atoms with van der Waals surface area (Å²) >= 11 is 0. The van der Waals surface area contributed by atoms with E-state index in [4.69, 9.17) is 5.73 Å². The number of aliphatic hydroxyl groups is 1. The van der Waals surface area contributed by atoms with Crippen LogP contribution < -0.4 is 11.1 Å². The van der Waals surface area contributed by atoms with Crippen LogP contribution in [-0.2, 0) is 11.2 Å². The summed E-state index contributed by atoms with van der Waals surface area (Å²) in [7, 11) is 0. The molecule has 1 amide bonds. The highest BCUT2D eigenvalue weighted by Crippen LogP contribution is 2.38.